The molecule has 0 aliphatic heterocycles. The van der Waals surface area contributed by atoms with Gasteiger partial charge in [-0.05, 0) is 50.2 Å². The van der Waals surface area contributed by atoms with Crippen LogP contribution in [0.2, 0.25) is 0 Å². The Balaban J connectivity index is 2.39. The zero-order valence-corrected chi connectivity index (χ0v) is 11.7. The molecule has 21 heavy (non-hydrogen) atoms. The van der Waals surface area contributed by atoms with E-state index >= 15 is 0 Å². The van der Waals surface area contributed by atoms with E-state index in [0.717, 1.165) is 24.3 Å². The van der Waals surface area contributed by atoms with Crippen molar-refractivity contribution in [2.24, 2.45) is 0 Å². The van der Waals surface area contributed by atoms with Crippen LogP contribution in [-0.4, -0.2) is 7.05 Å². The lowest BCUT2D eigenvalue weighted by Crippen LogP contribution is -2.21. The molecule has 0 bridgehead atoms. The van der Waals surface area contributed by atoms with Crippen LogP contribution in [0.15, 0.2) is 30.3 Å². The molecule has 0 heterocycles. The molecule has 0 aliphatic carbocycles. The van der Waals surface area contributed by atoms with Gasteiger partial charge in [-0.2, -0.15) is 0 Å². The fraction of sp³-hybridized carbons (Fsp3) is 0.250. The van der Waals surface area contributed by atoms with Gasteiger partial charge in [0, 0.05) is 17.2 Å². The molecule has 0 fully saturated rings. The predicted octanol–water partition coefficient (Wildman–Crippen LogP) is 4.05. The molecule has 0 saturated heterocycles. The maximum atomic E-state index is 14.0. The Morgan fingerprint density at radius 1 is 0.952 bits per heavy atom. The van der Waals surface area contributed by atoms with E-state index in [1.165, 1.54) is 20.0 Å². The summed E-state index contributed by atoms with van der Waals surface area (Å²) in [5, 5.41) is 2.77. The average molecular weight is 297 g/mol. The fourth-order valence-corrected chi connectivity index (χ4v) is 2.23. The molecule has 1 nitrogen and oxygen atoms in total. The number of likely N-dealkylation sites (N-methyl/N-ethyl adjacent to an activating group) is 1. The van der Waals surface area contributed by atoms with Gasteiger partial charge < -0.3 is 5.32 Å². The van der Waals surface area contributed by atoms with Crippen LogP contribution in [0.4, 0.5) is 17.6 Å². The summed E-state index contributed by atoms with van der Waals surface area (Å²) >= 11 is 0. The molecule has 0 aliphatic rings. The molecule has 2 aromatic carbocycles. The molecule has 0 aromatic heterocycles. The lowest BCUT2D eigenvalue weighted by atomic mass is 9.96. The second-order valence-electron chi connectivity index (χ2n) is 4.87. The standard InChI is InChI=1S/C16H15F4N/c1-9-6-15(20)11(7-14(9)19)16(21-2)8-10-12(17)4-3-5-13(10)18/h3-7,16,21H,8H2,1-2H3. The van der Waals surface area contributed by atoms with Crippen molar-refractivity contribution < 1.29 is 17.6 Å². The molecule has 112 valence electrons. The first kappa shape index (κ1) is 15.5. The first-order valence-corrected chi connectivity index (χ1v) is 6.49. The highest BCUT2D eigenvalue weighted by atomic mass is 19.1. The molecule has 1 unspecified atom stereocenters. The predicted molar refractivity (Wildman–Crippen MR) is 73.0 cm³/mol. The second-order valence-corrected chi connectivity index (χ2v) is 4.87. The van der Waals surface area contributed by atoms with Crippen LogP contribution in [0, 0.1) is 30.2 Å². The van der Waals surface area contributed by atoms with Crippen LogP contribution >= 0.6 is 0 Å². The van der Waals surface area contributed by atoms with E-state index < -0.39 is 29.3 Å². The van der Waals surface area contributed by atoms with E-state index in [0.29, 0.717) is 0 Å². The van der Waals surface area contributed by atoms with E-state index in [9.17, 15) is 17.6 Å². The largest absolute Gasteiger partial charge is 0.313 e. The van der Waals surface area contributed by atoms with Gasteiger partial charge in [0.05, 0.1) is 0 Å². The molecule has 5 heteroatoms. The first-order chi connectivity index (χ1) is 9.93. The van der Waals surface area contributed by atoms with Gasteiger partial charge in [-0.15, -0.1) is 0 Å². The topological polar surface area (TPSA) is 12.0 Å². The molecular formula is C16H15F4N. The third-order valence-electron chi connectivity index (χ3n) is 3.47. The Morgan fingerprint density at radius 3 is 2.14 bits per heavy atom. The minimum absolute atomic E-state index is 0.0447. The summed E-state index contributed by atoms with van der Waals surface area (Å²) in [5.74, 6) is -2.57. The maximum absolute atomic E-state index is 14.0. The summed E-state index contributed by atoms with van der Waals surface area (Å²) in [6.45, 7) is 1.45. The summed E-state index contributed by atoms with van der Waals surface area (Å²) in [6, 6.07) is 4.94. The normalized spacial score (nSPS) is 12.5. The van der Waals surface area contributed by atoms with Gasteiger partial charge in [0.2, 0.25) is 0 Å². The third kappa shape index (κ3) is 3.24. The van der Waals surface area contributed by atoms with E-state index in [1.54, 1.807) is 0 Å². The average Bonchev–Trinajstić information content (AvgIpc) is 2.43. The van der Waals surface area contributed by atoms with Gasteiger partial charge in [0.25, 0.3) is 0 Å². The lowest BCUT2D eigenvalue weighted by Gasteiger charge is -2.19. The third-order valence-corrected chi connectivity index (χ3v) is 3.47. The van der Waals surface area contributed by atoms with Gasteiger partial charge in [-0.25, -0.2) is 17.6 Å². The number of halogens is 4. The summed E-state index contributed by atoms with van der Waals surface area (Å²) in [4.78, 5) is 0. The Labute approximate surface area is 120 Å². The maximum Gasteiger partial charge on any atom is 0.129 e. The monoisotopic (exact) mass is 297 g/mol. The van der Waals surface area contributed by atoms with Gasteiger partial charge in [0.15, 0.2) is 0 Å². The molecule has 0 saturated carbocycles. The SMILES string of the molecule is CNC(Cc1c(F)cccc1F)c1cc(F)c(C)cc1F. The van der Waals surface area contributed by atoms with Crippen LogP contribution in [0.1, 0.15) is 22.7 Å². The van der Waals surface area contributed by atoms with Crippen LogP contribution in [0.3, 0.4) is 0 Å². The number of rotatable bonds is 4. The molecule has 0 radical (unpaired) electrons. The summed E-state index contributed by atoms with van der Waals surface area (Å²) in [7, 11) is 1.53. The Bertz CT molecular complexity index is 635. The molecule has 1 atom stereocenters. The van der Waals surface area contributed by atoms with Gasteiger partial charge in [0.1, 0.15) is 23.3 Å². The van der Waals surface area contributed by atoms with Crippen molar-refractivity contribution in [2.75, 3.05) is 7.05 Å². The van der Waals surface area contributed by atoms with Crippen LogP contribution in [-0.2, 0) is 6.42 Å². The molecule has 0 spiro atoms. The number of aryl methyl sites for hydroxylation is 1. The van der Waals surface area contributed by atoms with Crippen molar-refractivity contribution in [1.29, 1.82) is 0 Å². The number of hydrogen-bond donors (Lipinski definition) is 1. The van der Waals surface area contributed by atoms with Crippen molar-refractivity contribution in [2.45, 2.75) is 19.4 Å². The number of hydrogen-bond acceptors (Lipinski definition) is 1. The Hall–Kier alpha value is -1.88. The highest BCUT2D eigenvalue weighted by Crippen LogP contribution is 2.25. The van der Waals surface area contributed by atoms with Crippen molar-refractivity contribution in [3.63, 3.8) is 0 Å². The molecule has 2 rings (SSSR count). The van der Waals surface area contributed by atoms with Crippen molar-refractivity contribution in [3.05, 3.63) is 70.3 Å². The minimum atomic E-state index is -0.730. The smallest absolute Gasteiger partial charge is 0.129 e. The van der Waals surface area contributed by atoms with E-state index in [2.05, 4.69) is 5.32 Å². The number of benzene rings is 2. The van der Waals surface area contributed by atoms with E-state index in [-0.39, 0.29) is 23.1 Å². The van der Waals surface area contributed by atoms with Crippen LogP contribution in [0.5, 0.6) is 0 Å². The van der Waals surface area contributed by atoms with Crippen LogP contribution < -0.4 is 5.32 Å². The van der Waals surface area contributed by atoms with Crippen molar-refractivity contribution >= 4 is 0 Å². The molecule has 0 amide bonds. The van der Waals surface area contributed by atoms with Crippen LogP contribution in [0.25, 0.3) is 0 Å². The second kappa shape index (κ2) is 6.26. The highest BCUT2D eigenvalue weighted by Gasteiger charge is 2.20. The highest BCUT2D eigenvalue weighted by molar-refractivity contribution is 5.30. The van der Waals surface area contributed by atoms with E-state index in [1.807, 2.05) is 0 Å². The first-order valence-electron chi connectivity index (χ1n) is 6.49. The zero-order chi connectivity index (χ0) is 15.6. The number of nitrogens with one attached hydrogen (secondary N) is 1. The summed E-state index contributed by atoms with van der Waals surface area (Å²) in [6.07, 6.45) is -0.117. The summed E-state index contributed by atoms with van der Waals surface area (Å²) in [5.41, 5.74) is 0.0728. The fourth-order valence-electron chi connectivity index (χ4n) is 2.23. The van der Waals surface area contributed by atoms with Crippen molar-refractivity contribution in [3.8, 4) is 0 Å². The minimum Gasteiger partial charge on any atom is -0.313 e. The van der Waals surface area contributed by atoms with E-state index in [4.69, 9.17) is 0 Å². The van der Waals surface area contributed by atoms with Crippen molar-refractivity contribution in [1.82, 2.24) is 5.32 Å². The van der Waals surface area contributed by atoms with Gasteiger partial charge in [-0.1, -0.05) is 6.07 Å². The van der Waals surface area contributed by atoms with Gasteiger partial charge in [-0.3, -0.25) is 0 Å². The molecule has 2 aromatic rings. The molecule has 1 N–H and O–H groups in total. The Kier molecular flexibility index (Phi) is 4.63. The van der Waals surface area contributed by atoms with Gasteiger partial charge >= 0.3 is 0 Å². The zero-order valence-electron chi connectivity index (χ0n) is 11.7. The molecular weight excluding hydrogens is 282 g/mol. The quantitative estimate of drug-likeness (QED) is 0.839. The lowest BCUT2D eigenvalue weighted by molar-refractivity contribution is 0.491. The summed E-state index contributed by atoms with van der Waals surface area (Å²) < 4.78 is 54.9. The Morgan fingerprint density at radius 2 is 1.57 bits per heavy atom.